The van der Waals surface area contributed by atoms with Crippen LogP contribution in [0, 0.1) is 0 Å². The summed E-state index contributed by atoms with van der Waals surface area (Å²) in [6, 6.07) is 19.5. The second-order valence-corrected chi connectivity index (χ2v) is 6.96. The number of rotatable bonds is 6. The smallest absolute Gasteiger partial charge is 0.340 e. The molecule has 0 unspecified atom stereocenters. The second kappa shape index (κ2) is 9.91. The normalized spacial score (nSPS) is 10.2. The lowest BCUT2D eigenvalue weighted by Crippen LogP contribution is -2.22. The van der Waals surface area contributed by atoms with Crippen molar-refractivity contribution in [2.45, 2.75) is 0 Å². The van der Waals surface area contributed by atoms with Crippen molar-refractivity contribution in [3.63, 3.8) is 0 Å². The molecule has 0 heterocycles. The zero-order chi connectivity index (χ0) is 21.5. The van der Waals surface area contributed by atoms with Gasteiger partial charge < -0.3 is 15.4 Å². The van der Waals surface area contributed by atoms with E-state index in [1.807, 2.05) is 0 Å². The Labute approximate surface area is 182 Å². The van der Waals surface area contributed by atoms with E-state index in [0.29, 0.717) is 21.3 Å². The predicted octanol–water partition coefficient (Wildman–Crippen LogP) is 5.04. The van der Waals surface area contributed by atoms with Gasteiger partial charge in [0, 0.05) is 10.6 Å². The Bertz CT molecular complexity index is 1090. The van der Waals surface area contributed by atoms with Gasteiger partial charge in [-0.25, -0.2) is 4.79 Å². The number of hydrogen-bond acceptors (Lipinski definition) is 4. The molecule has 3 rings (SSSR count). The van der Waals surface area contributed by atoms with E-state index in [2.05, 4.69) is 10.6 Å². The van der Waals surface area contributed by atoms with E-state index in [-0.39, 0.29) is 17.2 Å². The summed E-state index contributed by atoms with van der Waals surface area (Å²) in [6.45, 7) is -0.539. The Morgan fingerprint density at radius 1 is 0.800 bits per heavy atom. The van der Waals surface area contributed by atoms with Crippen LogP contribution < -0.4 is 10.6 Å². The minimum atomic E-state index is -0.758. The van der Waals surface area contributed by atoms with Crippen molar-refractivity contribution in [3.05, 3.63) is 94.0 Å². The third kappa shape index (κ3) is 5.59. The van der Waals surface area contributed by atoms with Crippen LogP contribution >= 0.6 is 23.2 Å². The fraction of sp³-hybridized carbons (Fsp3) is 0.0455. The number of benzene rings is 3. The quantitative estimate of drug-likeness (QED) is 0.523. The molecule has 0 aliphatic carbocycles. The number of nitrogens with one attached hydrogen (secondary N) is 2. The lowest BCUT2D eigenvalue weighted by atomic mass is 10.1. The van der Waals surface area contributed by atoms with Crippen molar-refractivity contribution in [3.8, 4) is 0 Å². The van der Waals surface area contributed by atoms with Crippen LogP contribution in [-0.2, 0) is 9.53 Å². The first kappa shape index (κ1) is 21.4. The Kier molecular flexibility index (Phi) is 7.06. The van der Waals surface area contributed by atoms with Gasteiger partial charge in [0.15, 0.2) is 6.61 Å². The zero-order valence-corrected chi connectivity index (χ0v) is 17.0. The van der Waals surface area contributed by atoms with Crippen molar-refractivity contribution in [1.82, 2.24) is 0 Å². The lowest BCUT2D eigenvalue weighted by molar-refractivity contribution is -0.119. The highest BCUT2D eigenvalue weighted by atomic mass is 35.5. The van der Waals surface area contributed by atoms with Crippen molar-refractivity contribution >= 4 is 52.4 Å². The molecular formula is C22H16Cl2N2O4. The van der Waals surface area contributed by atoms with Crippen molar-refractivity contribution in [2.24, 2.45) is 0 Å². The molecule has 30 heavy (non-hydrogen) atoms. The fourth-order valence-corrected chi connectivity index (χ4v) is 2.88. The van der Waals surface area contributed by atoms with Crippen molar-refractivity contribution < 1.29 is 19.1 Å². The number of amides is 2. The van der Waals surface area contributed by atoms with E-state index >= 15 is 0 Å². The summed E-state index contributed by atoms with van der Waals surface area (Å²) in [4.78, 5) is 36.9. The summed E-state index contributed by atoms with van der Waals surface area (Å²) in [7, 11) is 0. The number of para-hydroxylation sites is 1. The van der Waals surface area contributed by atoms with E-state index in [9.17, 15) is 14.4 Å². The highest BCUT2D eigenvalue weighted by Gasteiger charge is 2.17. The maximum absolute atomic E-state index is 12.5. The fourth-order valence-electron chi connectivity index (χ4n) is 2.54. The largest absolute Gasteiger partial charge is 0.452 e. The first-order chi connectivity index (χ1) is 14.4. The van der Waals surface area contributed by atoms with Gasteiger partial charge in [-0.2, -0.15) is 0 Å². The SMILES string of the molecule is O=C(COC(=O)c1ccccc1NC(=O)c1ccccc1)Nc1cc(Cl)ccc1Cl. The molecule has 0 spiro atoms. The Morgan fingerprint density at radius 3 is 2.27 bits per heavy atom. The van der Waals surface area contributed by atoms with E-state index in [0.717, 1.165) is 0 Å². The zero-order valence-electron chi connectivity index (χ0n) is 15.5. The van der Waals surface area contributed by atoms with Crippen LogP contribution in [0.4, 0.5) is 11.4 Å². The summed E-state index contributed by atoms with van der Waals surface area (Å²) in [5, 5.41) is 5.90. The molecular weight excluding hydrogens is 427 g/mol. The van der Waals surface area contributed by atoms with Crippen molar-refractivity contribution in [1.29, 1.82) is 0 Å². The van der Waals surface area contributed by atoms with Gasteiger partial charge in [0.1, 0.15) is 0 Å². The van der Waals surface area contributed by atoms with Crippen LogP contribution in [0.3, 0.4) is 0 Å². The molecule has 0 fully saturated rings. The molecule has 0 aliphatic rings. The molecule has 152 valence electrons. The van der Waals surface area contributed by atoms with Crippen LogP contribution in [0.5, 0.6) is 0 Å². The summed E-state index contributed by atoms with van der Waals surface area (Å²) in [5.41, 5.74) is 1.14. The van der Waals surface area contributed by atoms with Gasteiger partial charge in [-0.15, -0.1) is 0 Å². The maximum atomic E-state index is 12.5. The molecule has 0 bridgehead atoms. The van der Waals surface area contributed by atoms with Gasteiger partial charge in [-0.1, -0.05) is 53.5 Å². The number of esters is 1. The summed E-state index contributed by atoms with van der Waals surface area (Å²) >= 11 is 11.9. The number of carbonyl (C=O) groups is 3. The first-order valence-corrected chi connectivity index (χ1v) is 9.57. The number of carbonyl (C=O) groups excluding carboxylic acids is 3. The molecule has 8 heteroatoms. The van der Waals surface area contributed by atoms with Gasteiger partial charge in [0.2, 0.25) is 0 Å². The monoisotopic (exact) mass is 442 g/mol. The van der Waals surface area contributed by atoms with Crippen LogP contribution in [0.1, 0.15) is 20.7 Å². The van der Waals surface area contributed by atoms with Gasteiger partial charge in [0.25, 0.3) is 11.8 Å². The average molecular weight is 443 g/mol. The van der Waals surface area contributed by atoms with Crippen LogP contribution in [0.15, 0.2) is 72.8 Å². The van der Waals surface area contributed by atoms with Crippen LogP contribution in [-0.4, -0.2) is 24.4 Å². The Balaban J connectivity index is 1.64. The highest BCUT2D eigenvalue weighted by Crippen LogP contribution is 2.25. The molecule has 0 saturated carbocycles. The first-order valence-electron chi connectivity index (χ1n) is 8.81. The standard InChI is InChI=1S/C22H16Cl2N2O4/c23-15-10-11-17(24)19(12-15)25-20(27)13-30-22(29)16-8-4-5-9-18(16)26-21(28)14-6-2-1-3-7-14/h1-12H,13H2,(H,25,27)(H,26,28). The Morgan fingerprint density at radius 2 is 1.50 bits per heavy atom. The number of halogens is 2. The molecule has 6 nitrogen and oxygen atoms in total. The number of hydrogen-bond donors (Lipinski definition) is 2. The topological polar surface area (TPSA) is 84.5 Å². The van der Waals surface area contributed by atoms with Crippen LogP contribution in [0.25, 0.3) is 0 Å². The lowest BCUT2D eigenvalue weighted by Gasteiger charge is -2.11. The van der Waals surface area contributed by atoms with E-state index in [1.165, 1.54) is 18.2 Å². The molecule has 2 N–H and O–H groups in total. The van der Waals surface area contributed by atoms with Crippen LogP contribution in [0.2, 0.25) is 10.0 Å². The average Bonchev–Trinajstić information content (AvgIpc) is 2.75. The maximum Gasteiger partial charge on any atom is 0.340 e. The molecule has 0 aliphatic heterocycles. The molecule has 2 amide bonds. The molecule has 0 saturated heterocycles. The molecule has 0 aromatic heterocycles. The summed E-state index contributed by atoms with van der Waals surface area (Å²) < 4.78 is 5.08. The van der Waals surface area contributed by atoms with Gasteiger partial charge in [-0.05, 0) is 42.5 Å². The predicted molar refractivity (Wildman–Crippen MR) is 116 cm³/mol. The van der Waals surface area contributed by atoms with Gasteiger partial charge >= 0.3 is 5.97 Å². The minimum Gasteiger partial charge on any atom is -0.452 e. The van der Waals surface area contributed by atoms with Crippen molar-refractivity contribution in [2.75, 3.05) is 17.2 Å². The second-order valence-electron chi connectivity index (χ2n) is 6.11. The van der Waals surface area contributed by atoms with E-state index < -0.39 is 18.5 Å². The number of ether oxygens (including phenoxy) is 1. The third-order valence-corrected chi connectivity index (χ3v) is 4.53. The minimum absolute atomic E-state index is 0.121. The molecule has 3 aromatic rings. The number of anilines is 2. The van der Waals surface area contributed by atoms with Gasteiger partial charge in [-0.3, -0.25) is 9.59 Å². The van der Waals surface area contributed by atoms with E-state index in [4.69, 9.17) is 27.9 Å². The third-order valence-electron chi connectivity index (χ3n) is 3.97. The molecule has 0 radical (unpaired) electrons. The van der Waals surface area contributed by atoms with E-state index in [1.54, 1.807) is 54.6 Å². The highest BCUT2D eigenvalue weighted by molar-refractivity contribution is 6.35. The molecule has 0 atom stereocenters. The summed E-state index contributed by atoms with van der Waals surface area (Å²) in [6.07, 6.45) is 0. The Hall–Kier alpha value is -3.35. The molecule has 3 aromatic carbocycles. The summed E-state index contributed by atoms with van der Waals surface area (Å²) in [5.74, 6) is -1.71. The van der Waals surface area contributed by atoms with Gasteiger partial charge in [0.05, 0.1) is 22.0 Å².